The van der Waals surface area contributed by atoms with Gasteiger partial charge in [0.1, 0.15) is 0 Å². The molecule has 2 bridgehead atoms. The molecular weight excluding hydrogens is 350 g/mol. The van der Waals surface area contributed by atoms with E-state index in [0.29, 0.717) is 18.1 Å². The lowest BCUT2D eigenvalue weighted by molar-refractivity contribution is 0.0526. The largest absolute Gasteiger partial charge is 0.356 e. The molecule has 2 heterocycles. The normalized spacial score (nSPS) is 25.3. The lowest BCUT2D eigenvalue weighted by Crippen LogP contribution is -2.56. The third-order valence-corrected chi connectivity index (χ3v) is 6.19. The second-order valence-electron chi connectivity index (χ2n) is 8.37. The topological polar surface area (TPSA) is 60.0 Å². The van der Waals surface area contributed by atoms with Gasteiger partial charge in [0.15, 0.2) is 5.96 Å². The monoisotopic (exact) mass is 385 g/mol. The number of guanidine groups is 1. The first kappa shape index (κ1) is 20.6. The van der Waals surface area contributed by atoms with Crippen molar-refractivity contribution in [2.24, 2.45) is 4.99 Å². The maximum atomic E-state index is 12.1. The minimum Gasteiger partial charge on any atom is -0.356 e. The molecule has 2 aliphatic heterocycles. The summed E-state index contributed by atoms with van der Waals surface area (Å²) >= 11 is 0. The van der Waals surface area contributed by atoms with Gasteiger partial charge in [-0.1, -0.05) is 18.6 Å². The molecule has 3 rings (SSSR count). The standard InChI is InChI=1S/C22H35N5O/c1-23-22(25-18-14-19-9-6-10-20(15-18)27(19)4)24-12-11-16-7-5-8-17(13-16)21(28)26(2)3/h5,7-8,13,18-20H,6,9-12,14-15H2,1-4H3,(H2,23,24,25). The van der Waals surface area contributed by atoms with Crippen LogP contribution in [-0.2, 0) is 6.42 Å². The number of fused-ring (bicyclic) bond motifs is 2. The van der Waals surface area contributed by atoms with Crippen molar-refractivity contribution in [2.45, 2.75) is 56.7 Å². The molecule has 2 atom stereocenters. The summed E-state index contributed by atoms with van der Waals surface area (Å²) in [4.78, 5) is 20.7. The van der Waals surface area contributed by atoms with E-state index < -0.39 is 0 Å². The Morgan fingerprint density at radius 3 is 2.61 bits per heavy atom. The average molecular weight is 386 g/mol. The number of hydrogen-bond acceptors (Lipinski definition) is 3. The Balaban J connectivity index is 1.49. The van der Waals surface area contributed by atoms with Crippen LogP contribution < -0.4 is 10.6 Å². The highest BCUT2D eigenvalue weighted by Gasteiger charge is 2.36. The van der Waals surface area contributed by atoms with Gasteiger partial charge in [0, 0.05) is 51.4 Å². The Morgan fingerprint density at radius 2 is 1.96 bits per heavy atom. The van der Waals surface area contributed by atoms with E-state index in [1.165, 1.54) is 32.1 Å². The number of aliphatic imine (C=N–C) groups is 1. The van der Waals surface area contributed by atoms with Crippen LogP contribution in [0.15, 0.2) is 29.3 Å². The number of carbonyl (C=O) groups is 1. The van der Waals surface area contributed by atoms with E-state index >= 15 is 0 Å². The molecule has 154 valence electrons. The number of amides is 1. The minimum absolute atomic E-state index is 0.0418. The van der Waals surface area contributed by atoms with Crippen LogP contribution in [0.2, 0.25) is 0 Å². The number of nitrogens with zero attached hydrogens (tertiary/aromatic N) is 3. The SMILES string of the molecule is CN=C(NCCc1cccc(C(=O)N(C)C)c1)NC1CC2CCCC(C1)N2C. The van der Waals surface area contributed by atoms with Crippen LogP contribution in [0, 0.1) is 0 Å². The van der Waals surface area contributed by atoms with Crippen LogP contribution in [-0.4, -0.2) is 74.5 Å². The summed E-state index contributed by atoms with van der Waals surface area (Å²) in [5.74, 6) is 0.924. The molecule has 0 radical (unpaired) electrons. The molecule has 2 aliphatic rings. The molecule has 1 aromatic rings. The third kappa shape index (κ3) is 5.04. The summed E-state index contributed by atoms with van der Waals surface area (Å²) in [7, 11) is 7.68. The number of piperidine rings is 2. The summed E-state index contributed by atoms with van der Waals surface area (Å²) in [6.07, 6.45) is 7.26. The zero-order valence-corrected chi connectivity index (χ0v) is 17.7. The highest BCUT2D eigenvalue weighted by Crippen LogP contribution is 2.32. The van der Waals surface area contributed by atoms with Gasteiger partial charge in [-0.3, -0.25) is 9.79 Å². The number of benzene rings is 1. The molecule has 6 nitrogen and oxygen atoms in total. The summed E-state index contributed by atoms with van der Waals surface area (Å²) < 4.78 is 0. The highest BCUT2D eigenvalue weighted by molar-refractivity contribution is 5.94. The van der Waals surface area contributed by atoms with Crippen molar-refractivity contribution in [3.8, 4) is 0 Å². The second kappa shape index (κ2) is 9.41. The van der Waals surface area contributed by atoms with E-state index in [4.69, 9.17) is 0 Å². The van der Waals surface area contributed by atoms with E-state index in [-0.39, 0.29) is 5.91 Å². The fraction of sp³-hybridized carbons (Fsp3) is 0.636. The lowest BCUT2D eigenvalue weighted by atomic mass is 9.82. The molecule has 2 N–H and O–H groups in total. The zero-order valence-electron chi connectivity index (χ0n) is 17.7. The number of nitrogens with one attached hydrogen (secondary N) is 2. The average Bonchev–Trinajstić information content (AvgIpc) is 2.67. The van der Waals surface area contributed by atoms with Gasteiger partial charge in [-0.15, -0.1) is 0 Å². The van der Waals surface area contributed by atoms with Gasteiger partial charge in [0.2, 0.25) is 0 Å². The Morgan fingerprint density at radius 1 is 1.25 bits per heavy atom. The van der Waals surface area contributed by atoms with Crippen LogP contribution in [0.4, 0.5) is 0 Å². The molecule has 6 heteroatoms. The van der Waals surface area contributed by atoms with Crippen molar-refractivity contribution in [1.29, 1.82) is 0 Å². The van der Waals surface area contributed by atoms with Crippen LogP contribution in [0.5, 0.6) is 0 Å². The number of carbonyl (C=O) groups excluding carboxylic acids is 1. The summed E-state index contributed by atoms with van der Waals surface area (Å²) in [5.41, 5.74) is 1.90. The van der Waals surface area contributed by atoms with E-state index in [9.17, 15) is 4.79 Å². The molecule has 0 aliphatic carbocycles. The van der Waals surface area contributed by atoms with Gasteiger partial charge < -0.3 is 20.4 Å². The van der Waals surface area contributed by atoms with Gasteiger partial charge in [0.05, 0.1) is 0 Å². The first-order valence-electron chi connectivity index (χ1n) is 10.5. The Hall–Kier alpha value is -2.08. The van der Waals surface area contributed by atoms with Crippen LogP contribution in [0.25, 0.3) is 0 Å². The molecule has 2 unspecified atom stereocenters. The summed E-state index contributed by atoms with van der Waals surface area (Å²) in [5, 5.41) is 7.08. The molecule has 1 aromatic carbocycles. The van der Waals surface area contributed by atoms with Crippen molar-refractivity contribution in [3.63, 3.8) is 0 Å². The Bertz CT molecular complexity index is 688. The molecular formula is C22H35N5O. The first-order valence-corrected chi connectivity index (χ1v) is 10.5. The van der Waals surface area contributed by atoms with E-state index in [0.717, 1.165) is 30.1 Å². The second-order valence-corrected chi connectivity index (χ2v) is 8.37. The molecule has 0 spiro atoms. The number of hydrogen-bond donors (Lipinski definition) is 2. The maximum absolute atomic E-state index is 12.1. The van der Waals surface area contributed by atoms with Crippen molar-refractivity contribution < 1.29 is 4.79 Å². The quantitative estimate of drug-likeness (QED) is 0.602. The van der Waals surface area contributed by atoms with Gasteiger partial charge in [-0.05, 0) is 56.8 Å². The fourth-order valence-electron chi connectivity index (χ4n) is 4.56. The van der Waals surface area contributed by atoms with Gasteiger partial charge in [-0.2, -0.15) is 0 Å². The van der Waals surface area contributed by atoms with Gasteiger partial charge >= 0.3 is 0 Å². The summed E-state index contributed by atoms with van der Waals surface area (Å²) in [6, 6.07) is 9.80. The smallest absolute Gasteiger partial charge is 0.253 e. The van der Waals surface area contributed by atoms with Crippen LogP contribution in [0.3, 0.4) is 0 Å². The predicted molar refractivity (Wildman–Crippen MR) is 115 cm³/mol. The van der Waals surface area contributed by atoms with E-state index in [1.807, 2.05) is 25.2 Å². The Labute approximate surface area is 169 Å². The van der Waals surface area contributed by atoms with E-state index in [2.05, 4.69) is 33.6 Å². The fourth-order valence-corrected chi connectivity index (χ4v) is 4.56. The molecule has 0 saturated carbocycles. The predicted octanol–water partition coefficient (Wildman–Crippen LogP) is 2.11. The first-order chi connectivity index (χ1) is 13.5. The van der Waals surface area contributed by atoms with Gasteiger partial charge in [-0.25, -0.2) is 0 Å². The molecule has 2 saturated heterocycles. The number of rotatable bonds is 5. The van der Waals surface area contributed by atoms with Gasteiger partial charge in [0.25, 0.3) is 5.91 Å². The molecule has 28 heavy (non-hydrogen) atoms. The van der Waals surface area contributed by atoms with E-state index in [1.54, 1.807) is 19.0 Å². The van der Waals surface area contributed by atoms with Crippen molar-refractivity contribution >= 4 is 11.9 Å². The molecule has 0 aromatic heterocycles. The summed E-state index contributed by atoms with van der Waals surface area (Å²) in [6.45, 7) is 0.790. The van der Waals surface area contributed by atoms with Crippen LogP contribution >= 0.6 is 0 Å². The van der Waals surface area contributed by atoms with Crippen LogP contribution in [0.1, 0.15) is 48.0 Å². The lowest BCUT2D eigenvalue weighted by Gasteiger charge is -2.47. The molecule has 2 fully saturated rings. The van der Waals surface area contributed by atoms with Crippen molar-refractivity contribution in [2.75, 3.05) is 34.7 Å². The Kier molecular flexibility index (Phi) is 6.94. The third-order valence-electron chi connectivity index (χ3n) is 6.19. The van der Waals surface area contributed by atoms with Crippen molar-refractivity contribution in [1.82, 2.24) is 20.4 Å². The maximum Gasteiger partial charge on any atom is 0.253 e. The zero-order chi connectivity index (χ0) is 20.1. The molecule has 1 amide bonds. The van der Waals surface area contributed by atoms with Crippen molar-refractivity contribution in [3.05, 3.63) is 35.4 Å². The minimum atomic E-state index is 0.0418. The highest BCUT2D eigenvalue weighted by atomic mass is 16.2.